The maximum atomic E-state index is 12.3. The van der Waals surface area contributed by atoms with Gasteiger partial charge in [-0.1, -0.05) is 32.0 Å². The maximum absolute atomic E-state index is 12.3. The number of nitrogens with one attached hydrogen (secondary N) is 1. The fourth-order valence-electron chi connectivity index (χ4n) is 2.62. The monoisotopic (exact) mass is 315 g/mol. The van der Waals surface area contributed by atoms with Gasteiger partial charge in [-0.2, -0.15) is 0 Å². The Kier molecular flexibility index (Phi) is 6.35. The number of carbonyl (C=O) groups is 2. The second-order valence-electron chi connectivity index (χ2n) is 5.52. The Morgan fingerprint density at radius 2 is 1.83 bits per heavy atom. The summed E-state index contributed by atoms with van der Waals surface area (Å²) >= 11 is 0. The van der Waals surface area contributed by atoms with Gasteiger partial charge in [0.05, 0.1) is 5.52 Å². The molecule has 0 spiro atoms. The lowest BCUT2D eigenvalue weighted by Gasteiger charge is -2.17. The van der Waals surface area contributed by atoms with Crippen LogP contribution in [0.15, 0.2) is 36.5 Å². The van der Waals surface area contributed by atoms with Gasteiger partial charge in [-0.05, 0) is 25.2 Å². The zero-order chi connectivity index (χ0) is 16.7. The summed E-state index contributed by atoms with van der Waals surface area (Å²) in [4.78, 5) is 26.4. The predicted octanol–water partition coefficient (Wildman–Crippen LogP) is 2.52. The van der Waals surface area contributed by atoms with Gasteiger partial charge in [0.1, 0.15) is 0 Å². The molecule has 0 atom stereocenters. The van der Waals surface area contributed by atoms with Gasteiger partial charge >= 0.3 is 0 Å². The number of aromatic nitrogens is 1. The van der Waals surface area contributed by atoms with Crippen LogP contribution in [-0.4, -0.2) is 47.5 Å². The van der Waals surface area contributed by atoms with E-state index in [0.717, 1.165) is 30.5 Å². The van der Waals surface area contributed by atoms with E-state index in [4.69, 9.17) is 0 Å². The van der Waals surface area contributed by atoms with E-state index < -0.39 is 0 Å². The molecule has 0 bridgehead atoms. The van der Waals surface area contributed by atoms with E-state index >= 15 is 0 Å². The Bertz CT molecular complexity index is 659. The molecule has 1 heterocycles. The van der Waals surface area contributed by atoms with Crippen molar-refractivity contribution in [2.75, 3.05) is 26.2 Å². The third kappa shape index (κ3) is 4.66. The highest BCUT2D eigenvalue weighted by atomic mass is 16.2. The summed E-state index contributed by atoms with van der Waals surface area (Å²) in [6.45, 7) is 7.63. The Hall–Kier alpha value is -2.14. The summed E-state index contributed by atoms with van der Waals surface area (Å²) in [6, 6.07) is 9.65. The van der Waals surface area contributed by atoms with Crippen LogP contribution in [0, 0.1) is 0 Å². The number of hydrogen-bond donors (Lipinski definition) is 1. The first-order valence-electron chi connectivity index (χ1n) is 8.24. The summed E-state index contributed by atoms with van der Waals surface area (Å²) in [5.74, 6) is -0.118. The second kappa shape index (κ2) is 8.48. The third-order valence-corrected chi connectivity index (χ3v) is 4.08. The molecule has 0 saturated heterocycles. The third-order valence-electron chi connectivity index (χ3n) is 4.08. The predicted molar refractivity (Wildman–Crippen MR) is 92.6 cm³/mol. The molecule has 23 heavy (non-hydrogen) atoms. The number of fused-ring (bicyclic) bond motifs is 1. The zero-order valence-corrected chi connectivity index (χ0v) is 13.9. The number of para-hydroxylation sites is 1. The van der Waals surface area contributed by atoms with Crippen molar-refractivity contribution in [3.8, 4) is 0 Å². The Morgan fingerprint density at radius 3 is 2.57 bits per heavy atom. The number of likely N-dealkylation sites (N-methyl/N-ethyl adjacent to an activating group) is 1. The van der Waals surface area contributed by atoms with Crippen molar-refractivity contribution >= 4 is 22.7 Å². The number of carbonyl (C=O) groups excluding carboxylic acids is 2. The van der Waals surface area contributed by atoms with Crippen molar-refractivity contribution in [1.29, 1.82) is 0 Å². The highest BCUT2D eigenvalue weighted by Gasteiger charge is 2.11. The molecule has 2 rings (SSSR count). The van der Waals surface area contributed by atoms with E-state index in [-0.39, 0.29) is 24.7 Å². The molecule has 0 unspecified atom stereocenters. The minimum Gasteiger partial charge on any atom is -0.355 e. The van der Waals surface area contributed by atoms with Crippen LogP contribution in [0.25, 0.3) is 10.9 Å². The molecule has 0 saturated carbocycles. The number of rotatable bonds is 8. The van der Waals surface area contributed by atoms with Crippen LogP contribution in [0.5, 0.6) is 0 Å². The average molecular weight is 315 g/mol. The van der Waals surface area contributed by atoms with Crippen molar-refractivity contribution < 1.29 is 9.59 Å². The molecule has 5 heteroatoms. The number of amides is 1. The topological polar surface area (TPSA) is 54.3 Å². The molecule has 1 N–H and O–H groups in total. The van der Waals surface area contributed by atoms with Crippen molar-refractivity contribution in [3.05, 3.63) is 36.5 Å². The van der Waals surface area contributed by atoms with Crippen LogP contribution in [-0.2, 0) is 4.79 Å². The fraction of sp³-hybridized carbons (Fsp3) is 0.444. The minimum absolute atomic E-state index is 0.0508. The van der Waals surface area contributed by atoms with Crippen LogP contribution < -0.4 is 5.32 Å². The number of hydrogen-bond acceptors (Lipinski definition) is 3. The lowest BCUT2D eigenvalue weighted by Crippen LogP contribution is -2.35. The Labute approximate surface area is 137 Å². The van der Waals surface area contributed by atoms with E-state index in [2.05, 4.69) is 24.1 Å². The van der Waals surface area contributed by atoms with Gasteiger partial charge in [-0.25, -0.2) is 0 Å². The van der Waals surface area contributed by atoms with E-state index in [0.29, 0.717) is 6.54 Å². The van der Waals surface area contributed by atoms with E-state index in [1.54, 1.807) is 10.8 Å². The van der Waals surface area contributed by atoms with Gasteiger partial charge < -0.3 is 10.2 Å². The molecule has 5 nitrogen and oxygen atoms in total. The minimum atomic E-state index is -0.0676. The van der Waals surface area contributed by atoms with Crippen molar-refractivity contribution in [3.63, 3.8) is 0 Å². The summed E-state index contributed by atoms with van der Waals surface area (Å²) in [5, 5.41) is 3.91. The Balaban J connectivity index is 1.79. The van der Waals surface area contributed by atoms with Gasteiger partial charge in [-0.15, -0.1) is 0 Å². The molecule has 0 fully saturated rings. The number of benzene rings is 1. The summed E-state index contributed by atoms with van der Waals surface area (Å²) < 4.78 is 1.62. The largest absolute Gasteiger partial charge is 0.355 e. The molecule has 2 aromatic rings. The van der Waals surface area contributed by atoms with Crippen LogP contribution in [0.1, 0.15) is 31.5 Å². The molecule has 0 radical (unpaired) electrons. The molecule has 1 amide bonds. The lowest BCUT2D eigenvalue weighted by atomic mass is 10.2. The molecular weight excluding hydrogens is 290 g/mol. The SMILES string of the molecule is CCN(CC)CCNC(=O)CCC(=O)n1ccc2ccccc21. The first-order valence-corrected chi connectivity index (χ1v) is 8.24. The van der Waals surface area contributed by atoms with Gasteiger partial charge in [0.25, 0.3) is 0 Å². The van der Waals surface area contributed by atoms with Crippen LogP contribution in [0.4, 0.5) is 0 Å². The molecule has 0 aliphatic heterocycles. The van der Waals surface area contributed by atoms with Gasteiger partial charge in [-0.3, -0.25) is 14.2 Å². The summed E-state index contributed by atoms with van der Waals surface area (Å²) in [7, 11) is 0. The van der Waals surface area contributed by atoms with Crippen LogP contribution in [0.3, 0.4) is 0 Å². The number of nitrogens with zero attached hydrogens (tertiary/aromatic N) is 2. The van der Waals surface area contributed by atoms with E-state index in [1.807, 2.05) is 30.3 Å². The lowest BCUT2D eigenvalue weighted by molar-refractivity contribution is -0.121. The van der Waals surface area contributed by atoms with Crippen LogP contribution in [0.2, 0.25) is 0 Å². The van der Waals surface area contributed by atoms with Gasteiger partial charge in [0.2, 0.25) is 11.8 Å². The molecule has 0 aliphatic carbocycles. The highest BCUT2D eigenvalue weighted by molar-refractivity contribution is 5.93. The van der Waals surface area contributed by atoms with Crippen LogP contribution >= 0.6 is 0 Å². The van der Waals surface area contributed by atoms with Crippen molar-refractivity contribution in [1.82, 2.24) is 14.8 Å². The van der Waals surface area contributed by atoms with Gasteiger partial charge in [0.15, 0.2) is 0 Å². The first-order chi connectivity index (χ1) is 11.2. The molecule has 124 valence electrons. The standard InChI is InChI=1S/C18H25N3O2/c1-3-20(4-2)14-12-19-17(22)9-10-18(23)21-13-11-15-7-5-6-8-16(15)21/h5-8,11,13H,3-4,9-10,12,14H2,1-2H3,(H,19,22). The summed E-state index contributed by atoms with van der Waals surface area (Å²) in [5.41, 5.74) is 0.888. The van der Waals surface area contributed by atoms with Gasteiger partial charge in [0, 0.05) is 37.5 Å². The van der Waals surface area contributed by atoms with E-state index in [9.17, 15) is 9.59 Å². The Morgan fingerprint density at radius 1 is 1.09 bits per heavy atom. The maximum Gasteiger partial charge on any atom is 0.231 e. The molecule has 0 aliphatic rings. The molecule has 1 aromatic carbocycles. The highest BCUT2D eigenvalue weighted by Crippen LogP contribution is 2.15. The quantitative estimate of drug-likeness (QED) is 0.814. The van der Waals surface area contributed by atoms with Crippen molar-refractivity contribution in [2.24, 2.45) is 0 Å². The summed E-state index contributed by atoms with van der Waals surface area (Å²) in [6.07, 6.45) is 2.21. The van der Waals surface area contributed by atoms with E-state index in [1.165, 1.54) is 0 Å². The average Bonchev–Trinajstić information content (AvgIpc) is 3.01. The molecule has 1 aromatic heterocycles. The molecular formula is C18H25N3O2. The smallest absolute Gasteiger partial charge is 0.231 e. The first kappa shape index (κ1) is 17.2. The zero-order valence-electron chi connectivity index (χ0n) is 13.9. The normalized spacial score (nSPS) is 11.1. The fourth-order valence-corrected chi connectivity index (χ4v) is 2.62. The second-order valence-corrected chi connectivity index (χ2v) is 5.52. The van der Waals surface area contributed by atoms with Crippen molar-refractivity contribution in [2.45, 2.75) is 26.7 Å².